The molecule has 15 atom stereocenters. The van der Waals surface area contributed by atoms with Crippen LogP contribution in [0.5, 0.6) is 5.75 Å². The van der Waals surface area contributed by atoms with Crippen molar-refractivity contribution in [1.82, 2.24) is 9.88 Å². The lowest BCUT2D eigenvalue weighted by Gasteiger charge is -2.47. The molecule has 1 unspecified atom stereocenters. The van der Waals surface area contributed by atoms with Gasteiger partial charge in [-0.1, -0.05) is 27.7 Å². The quantitative estimate of drug-likeness (QED) is 0.196. The van der Waals surface area contributed by atoms with Crippen molar-refractivity contribution in [2.24, 2.45) is 23.7 Å². The number of nitrogens with zero attached hydrogens (tertiary/aromatic N) is 2. The Hall–Kier alpha value is -2.47. The van der Waals surface area contributed by atoms with Gasteiger partial charge < -0.3 is 59.2 Å². The smallest absolute Gasteiger partial charge is 0.311 e. The number of aliphatic hydroxyl groups excluding tert-OH is 4. The van der Waals surface area contributed by atoms with Crippen molar-refractivity contribution in [3.8, 4) is 5.75 Å². The highest BCUT2D eigenvalue weighted by Gasteiger charge is 2.51. The predicted molar refractivity (Wildman–Crippen MR) is 188 cm³/mol. The molecule has 0 spiro atoms. The number of hydrogen-bond acceptors (Lipinski definition) is 14. The summed E-state index contributed by atoms with van der Waals surface area (Å²) in [4.78, 5) is 32.2. The number of carbonyl (C=O) groups is 2. The average molecular weight is 743 g/mol. The van der Waals surface area contributed by atoms with Crippen molar-refractivity contribution in [3.63, 3.8) is 0 Å². The van der Waals surface area contributed by atoms with Crippen LogP contribution in [0.1, 0.15) is 80.3 Å². The lowest BCUT2D eigenvalue weighted by atomic mass is 9.73. The van der Waals surface area contributed by atoms with E-state index in [1.54, 1.807) is 52.9 Å². The van der Waals surface area contributed by atoms with Crippen LogP contribution in [-0.4, -0.2) is 139 Å². The van der Waals surface area contributed by atoms with Gasteiger partial charge in [-0.3, -0.25) is 14.6 Å². The number of rotatable bonds is 9. The van der Waals surface area contributed by atoms with Gasteiger partial charge in [0.05, 0.1) is 67.5 Å². The molecule has 52 heavy (non-hydrogen) atoms. The first-order chi connectivity index (χ1) is 24.2. The van der Waals surface area contributed by atoms with Gasteiger partial charge in [0.2, 0.25) is 5.91 Å². The van der Waals surface area contributed by atoms with E-state index in [2.05, 4.69) is 4.98 Å². The van der Waals surface area contributed by atoms with Crippen molar-refractivity contribution in [1.29, 1.82) is 0 Å². The summed E-state index contributed by atoms with van der Waals surface area (Å²) in [6.45, 7) is 12.3. The van der Waals surface area contributed by atoms with Crippen LogP contribution < -0.4 is 4.74 Å². The van der Waals surface area contributed by atoms with E-state index in [4.69, 9.17) is 23.7 Å². The molecule has 0 aromatic carbocycles. The van der Waals surface area contributed by atoms with Crippen LogP contribution in [0, 0.1) is 23.7 Å². The predicted octanol–water partition coefficient (Wildman–Crippen LogP) is 1.17. The number of pyridine rings is 1. The van der Waals surface area contributed by atoms with Crippen molar-refractivity contribution in [2.45, 2.75) is 148 Å². The number of esters is 1. The maximum absolute atomic E-state index is 13.4. The first-order valence-corrected chi connectivity index (χ1v) is 18.2. The fourth-order valence-electron chi connectivity index (χ4n) is 7.65. The second kappa shape index (κ2) is 18.2. The Kier molecular flexibility index (Phi) is 15.4. The van der Waals surface area contributed by atoms with Gasteiger partial charge in [-0.2, -0.15) is 0 Å². The molecule has 0 bridgehead atoms. The minimum atomic E-state index is -1.94. The van der Waals surface area contributed by atoms with Crippen molar-refractivity contribution in [2.75, 3.05) is 20.8 Å². The number of ether oxygens (including phenoxy) is 5. The summed E-state index contributed by atoms with van der Waals surface area (Å²) in [6, 6.07) is 2.61. The highest BCUT2D eigenvalue weighted by Crippen LogP contribution is 2.38. The number of aromatic nitrogens is 1. The van der Waals surface area contributed by atoms with E-state index in [-0.39, 0.29) is 32.5 Å². The third-order valence-electron chi connectivity index (χ3n) is 11.0. The molecule has 6 N–H and O–H groups in total. The molecule has 298 valence electrons. The Morgan fingerprint density at radius 3 is 2.31 bits per heavy atom. The summed E-state index contributed by atoms with van der Waals surface area (Å²) in [6.07, 6.45) is -8.05. The van der Waals surface area contributed by atoms with Gasteiger partial charge in [-0.05, 0) is 58.9 Å². The summed E-state index contributed by atoms with van der Waals surface area (Å²) < 4.78 is 28.9. The van der Waals surface area contributed by atoms with Gasteiger partial charge in [0.1, 0.15) is 30.2 Å². The Labute approximate surface area is 307 Å². The largest absolute Gasteiger partial charge is 0.497 e. The molecule has 15 nitrogen and oxygen atoms in total. The van der Waals surface area contributed by atoms with Crippen molar-refractivity contribution < 1.29 is 63.9 Å². The molecule has 15 heteroatoms. The molecular weight excluding hydrogens is 680 g/mol. The van der Waals surface area contributed by atoms with E-state index in [0.717, 1.165) is 0 Å². The van der Waals surface area contributed by atoms with Crippen LogP contribution in [0.2, 0.25) is 0 Å². The van der Waals surface area contributed by atoms with Gasteiger partial charge in [-0.25, -0.2) is 0 Å². The Morgan fingerprint density at radius 2 is 1.69 bits per heavy atom. The lowest BCUT2D eigenvalue weighted by molar-refractivity contribution is -0.299. The summed E-state index contributed by atoms with van der Waals surface area (Å²) in [7, 11) is 3.07. The van der Waals surface area contributed by atoms with E-state index in [1.807, 2.05) is 0 Å². The zero-order chi connectivity index (χ0) is 39.3. The zero-order valence-corrected chi connectivity index (χ0v) is 32.2. The minimum Gasteiger partial charge on any atom is -0.497 e. The molecular formula is C37H62N2O13. The fourth-order valence-corrected chi connectivity index (χ4v) is 7.65. The molecule has 3 rings (SSSR count). The average Bonchev–Trinajstić information content (AvgIpc) is 3.10. The van der Waals surface area contributed by atoms with Crippen LogP contribution in [0.15, 0.2) is 18.3 Å². The lowest BCUT2D eigenvalue weighted by Crippen LogP contribution is -2.61. The number of cyclic esters (lactones) is 1. The monoisotopic (exact) mass is 742 g/mol. The molecule has 2 aliphatic heterocycles. The van der Waals surface area contributed by atoms with Crippen LogP contribution >= 0.6 is 0 Å². The molecule has 1 aromatic heterocycles. The summed E-state index contributed by atoms with van der Waals surface area (Å²) in [5.74, 6) is -4.38. The Balaban J connectivity index is 1.87. The normalized spacial score (nSPS) is 41.1. The van der Waals surface area contributed by atoms with Gasteiger partial charge in [0, 0.05) is 31.1 Å². The maximum Gasteiger partial charge on any atom is 0.311 e. The minimum absolute atomic E-state index is 0.0570. The molecule has 2 aliphatic rings. The van der Waals surface area contributed by atoms with E-state index in [1.165, 1.54) is 39.8 Å². The van der Waals surface area contributed by atoms with Crippen LogP contribution in [-0.2, 0) is 35.1 Å². The van der Waals surface area contributed by atoms with Crippen LogP contribution in [0.4, 0.5) is 0 Å². The number of carbonyl (C=O) groups excluding carboxylic acids is 2. The SMILES string of the molecule is CC[C@H]1OC(=O)[C@H](C)[C@@H](O)[C@H](C)[C@@H](O[C@@H]2O[C@H](C)C[C@H](N(C)C(=O)COCc3cc(OC)ccn3)[C@H]2O)[C@](C)(O)C[C@@H](C)C(O)[C@H](C)[C@@H](O)[C@]1(C)O. The Bertz CT molecular complexity index is 1310. The topological polar surface area (TPSA) is 218 Å². The molecule has 0 saturated carbocycles. The van der Waals surface area contributed by atoms with Gasteiger partial charge in [0.15, 0.2) is 6.29 Å². The second-order valence-electron chi connectivity index (χ2n) is 15.4. The molecule has 0 radical (unpaired) electrons. The molecule has 2 saturated heterocycles. The maximum atomic E-state index is 13.4. The van der Waals surface area contributed by atoms with Gasteiger partial charge in [0.25, 0.3) is 0 Å². The van der Waals surface area contributed by atoms with Crippen molar-refractivity contribution in [3.05, 3.63) is 24.0 Å². The fraction of sp³-hybridized carbons (Fsp3) is 0.811. The number of aliphatic hydroxyl groups is 6. The highest BCUT2D eigenvalue weighted by molar-refractivity contribution is 5.77. The van der Waals surface area contributed by atoms with Crippen LogP contribution in [0.3, 0.4) is 0 Å². The third-order valence-corrected chi connectivity index (χ3v) is 11.0. The third kappa shape index (κ3) is 10.2. The molecule has 1 aromatic rings. The highest BCUT2D eigenvalue weighted by atomic mass is 16.7. The van der Waals surface area contributed by atoms with Crippen LogP contribution in [0.25, 0.3) is 0 Å². The summed E-state index contributed by atoms with van der Waals surface area (Å²) in [5, 5.41) is 69.1. The first kappa shape index (κ1) is 43.9. The molecule has 2 fully saturated rings. The standard InChI is InChI=1S/C37H62N2O13/c1-11-27-37(8,47)32(44)21(4)29(41)19(2)16-36(7,46)33(22(5)30(42)23(6)34(45)51-27)52-35-31(43)26(14-20(3)50-35)39(9)28(40)18-49-17-24-15-25(48-10)12-13-38-24/h12-13,15,19-23,26-27,29-33,35,41-44,46-47H,11,14,16-18H2,1-10H3/t19-,20-,21+,22+,23-,26+,27-,29?,30+,31-,32-,33-,35+,36-,37-/m1/s1. The van der Waals surface area contributed by atoms with E-state index in [0.29, 0.717) is 11.4 Å². The van der Waals surface area contributed by atoms with E-state index < -0.39 is 102 Å². The van der Waals surface area contributed by atoms with E-state index >= 15 is 0 Å². The summed E-state index contributed by atoms with van der Waals surface area (Å²) >= 11 is 0. The summed E-state index contributed by atoms with van der Waals surface area (Å²) in [5.41, 5.74) is -3.17. The molecule has 1 amide bonds. The van der Waals surface area contributed by atoms with Crippen molar-refractivity contribution >= 4 is 11.9 Å². The zero-order valence-electron chi connectivity index (χ0n) is 32.2. The number of amides is 1. The first-order valence-electron chi connectivity index (χ1n) is 18.2. The number of likely N-dealkylation sites (N-methyl/N-ethyl adjacent to an activating group) is 1. The van der Waals surface area contributed by atoms with Gasteiger partial charge in [-0.15, -0.1) is 0 Å². The van der Waals surface area contributed by atoms with Gasteiger partial charge >= 0.3 is 5.97 Å². The Morgan fingerprint density at radius 1 is 1.04 bits per heavy atom. The van der Waals surface area contributed by atoms with E-state index in [9.17, 15) is 40.2 Å². The molecule has 0 aliphatic carbocycles. The second-order valence-corrected chi connectivity index (χ2v) is 15.4. The number of methoxy groups -OCH3 is 1. The molecule has 3 heterocycles. The number of hydrogen-bond donors (Lipinski definition) is 6.